The van der Waals surface area contributed by atoms with Gasteiger partial charge in [-0.2, -0.15) is 0 Å². The molecule has 3 saturated heterocycles. The van der Waals surface area contributed by atoms with Crippen LogP contribution in [-0.2, 0) is 9.59 Å². The van der Waals surface area contributed by atoms with Crippen LogP contribution in [0.3, 0.4) is 0 Å². The van der Waals surface area contributed by atoms with E-state index in [9.17, 15) is 14.4 Å². The quantitative estimate of drug-likeness (QED) is 0.857. The molecule has 4 rings (SSSR count). The predicted molar refractivity (Wildman–Crippen MR) is 96.6 cm³/mol. The molecule has 4 atom stereocenters. The molecule has 1 aromatic heterocycles. The lowest BCUT2D eigenvalue weighted by Gasteiger charge is -2.56. The summed E-state index contributed by atoms with van der Waals surface area (Å²) in [6, 6.07) is 0.160. The molecule has 0 unspecified atom stereocenters. The number of likely N-dealkylation sites (tertiary alicyclic amines) is 1. The van der Waals surface area contributed by atoms with Crippen LogP contribution >= 0.6 is 11.3 Å². The lowest BCUT2D eigenvalue weighted by molar-refractivity contribution is -0.151. The highest BCUT2D eigenvalue weighted by atomic mass is 32.1. The molecule has 26 heavy (non-hydrogen) atoms. The highest BCUT2D eigenvalue weighted by Crippen LogP contribution is 2.41. The molecule has 0 aliphatic carbocycles. The van der Waals surface area contributed by atoms with Gasteiger partial charge in [0.1, 0.15) is 4.88 Å². The predicted octanol–water partition coefficient (Wildman–Crippen LogP) is 1.12. The van der Waals surface area contributed by atoms with Crippen LogP contribution in [0.15, 0.2) is 11.7 Å². The number of amides is 3. The zero-order valence-electron chi connectivity index (χ0n) is 14.9. The molecule has 0 saturated carbocycles. The van der Waals surface area contributed by atoms with Gasteiger partial charge in [-0.05, 0) is 31.1 Å². The molecule has 3 fully saturated rings. The van der Waals surface area contributed by atoms with Crippen molar-refractivity contribution in [3.05, 3.63) is 16.6 Å². The first-order chi connectivity index (χ1) is 12.5. The van der Waals surface area contributed by atoms with Crippen molar-refractivity contribution in [3.63, 3.8) is 0 Å². The first kappa shape index (κ1) is 17.5. The summed E-state index contributed by atoms with van der Waals surface area (Å²) in [5, 5.41) is 2.90. The highest BCUT2D eigenvalue weighted by molar-refractivity contribution is 7.11. The Kier molecular flexibility index (Phi) is 4.69. The maximum Gasteiger partial charge on any atom is 0.265 e. The molecule has 4 heterocycles. The summed E-state index contributed by atoms with van der Waals surface area (Å²) in [4.78, 5) is 45.6. The van der Waals surface area contributed by atoms with Gasteiger partial charge in [0.2, 0.25) is 11.8 Å². The monoisotopic (exact) mass is 376 g/mol. The van der Waals surface area contributed by atoms with Gasteiger partial charge in [0, 0.05) is 39.0 Å². The maximum absolute atomic E-state index is 12.8. The molecule has 3 aliphatic heterocycles. The van der Waals surface area contributed by atoms with Crippen LogP contribution in [0, 0.1) is 11.8 Å². The molecular formula is C18H24N4O3S. The van der Waals surface area contributed by atoms with E-state index in [2.05, 4.69) is 10.3 Å². The number of piperidine rings is 3. The minimum absolute atomic E-state index is 0.0231. The Morgan fingerprint density at radius 2 is 2.15 bits per heavy atom. The Balaban J connectivity index is 1.59. The van der Waals surface area contributed by atoms with Crippen molar-refractivity contribution in [2.45, 2.75) is 44.7 Å². The molecule has 1 aromatic rings. The lowest BCUT2D eigenvalue weighted by Crippen LogP contribution is -2.67. The van der Waals surface area contributed by atoms with Crippen molar-refractivity contribution < 1.29 is 14.4 Å². The van der Waals surface area contributed by atoms with Crippen LogP contribution in [0.1, 0.15) is 42.3 Å². The summed E-state index contributed by atoms with van der Waals surface area (Å²) in [7, 11) is 0. The Labute approximate surface area is 156 Å². The molecule has 8 heteroatoms. The normalized spacial score (nSPS) is 30.7. The van der Waals surface area contributed by atoms with Gasteiger partial charge in [0.25, 0.3) is 5.91 Å². The average molecular weight is 376 g/mol. The Hall–Kier alpha value is -1.96. The molecule has 1 N–H and O–H groups in total. The summed E-state index contributed by atoms with van der Waals surface area (Å²) in [5.41, 5.74) is 1.68. The van der Waals surface area contributed by atoms with E-state index in [0.29, 0.717) is 36.9 Å². The minimum Gasteiger partial charge on any atom is -0.354 e. The summed E-state index contributed by atoms with van der Waals surface area (Å²) < 4.78 is 0. The van der Waals surface area contributed by atoms with E-state index >= 15 is 0 Å². The Morgan fingerprint density at radius 1 is 1.35 bits per heavy atom. The second-order valence-corrected chi connectivity index (χ2v) is 8.48. The van der Waals surface area contributed by atoms with Crippen LogP contribution in [0.2, 0.25) is 0 Å². The third-order valence-electron chi connectivity index (χ3n) is 5.99. The van der Waals surface area contributed by atoms with Gasteiger partial charge in [-0.15, -0.1) is 11.3 Å². The van der Waals surface area contributed by atoms with E-state index < -0.39 is 0 Å². The molecule has 3 aliphatic rings. The molecule has 2 bridgehead atoms. The summed E-state index contributed by atoms with van der Waals surface area (Å²) in [5.74, 6) is 0.686. The van der Waals surface area contributed by atoms with Crippen LogP contribution in [-0.4, -0.2) is 64.2 Å². The SMILES string of the molecule is CC(=O)NC[C@H]1[C@H]2C[C@H](CN(C(=O)c3cncs3)C2)[C@@H]2CCCC(=O)N21. The zero-order chi connectivity index (χ0) is 18.3. The van der Waals surface area contributed by atoms with Gasteiger partial charge < -0.3 is 15.1 Å². The minimum atomic E-state index is -0.0819. The molecule has 3 amide bonds. The van der Waals surface area contributed by atoms with Crippen LogP contribution in [0.25, 0.3) is 0 Å². The number of aromatic nitrogens is 1. The van der Waals surface area contributed by atoms with E-state index in [1.165, 1.54) is 18.3 Å². The van der Waals surface area contributed by atoms with Crippen molar-refractivity contribution in [2.24, 2.45) is 11.8 Å². The van der Waals surface area contributed by atoms with E-state index in [1.54, 1.807) is 11.7 Å². The number of hydrogen-bond acceptors (Lipinski definition) is 5. The highest BCUT2D eigenvalue weighted by Gasteiger charge is 2.50. The van der Waals surface area contributed by atoms with Crippen molar-refractivity contribution in [3.8, 4) is 0 Å². The van der Waals surface area contributed by atoms with Crippen molar-refractivity contribution in [1.29, 1.82) is 0 Å². The van der Waals surface area contributed by atoms with Crippen LogP contribution in [0.5, 0.6) is 0 Å². The number of thiazole rings is 1. The fourth-order valence-corrected chi connectivity index (χ4v) is 5.52. The van der Waals surface area contributed by atoms with Gasteiger partial charge >= 0.3 is 0 Å². The number of carbonyl (C=O) groups is 3. The van der Waals surface area contributed by atoms with E-state index in [4.69, 9.17) is 0 Å². The van der Waals surface area contributed by atoms with Gasteiger partial charge in [-0.3, -0.25) is 19.4 Å². The molecular weight excluding hydrogens is 352 g/mol. The fourth-order valence-electron chi connectivity index (χ4n) is 4.93. The molecule has 7 nitrogen and oxygen atoms in total. The van der Waals surface area contributed by atoms with Crippen molar-refractivity contribution in [2.75, 3.05) is 19.6 Å². The molecule has 0 aromatic carbocycles. The Bertz CT molecular complexity index is 707. The number of fused-ring (bicyclic) bond motifs is 4. The van der Waals surface area contributed by atoms with E-state index in [-0.39, 0.29) is 35.7 Å². The number of nitrogens with zero attached hydrogens (tertiary/aromatic N) is 3. The molecule has 0 radical (unpaired) electrons. The lowest BCUT2D eigenvalue weighted by atomic mass is 9.72. The molecule has 0 spiro atoms. The maximum atomic E-state index is 12.8. The van der Waals surface area contributed by atoms with Crippen molar-refractivity contribution in [1.82, 2.24) is 20.1 Å². The first-order valence-electron chi connectivity index (χ1n) is 9.28. The van der Waals surface area contributed by atoms with E-state index in [1.807, 2.05) is 9.80 Å². The summed E-state index contributed by atoms with van der Waals surface area (Å²) in [6.45, 7) is 3.31. The number of nitrogens with one attached hydrogen (secondary N) is 1. The third-order valence-corrected chi connectivity index (χ3v) is 6.75. The van der Waals surface area contributed by atoms with Gasteiger partial charge in [-0.1, -0.05) is 0 Å². The largest absolute Gasteiger partial charge is 0.354 e. The second-order valence-electron chi connectivity index (χ2n) is 7.60. The van der Waals surface area contributed by atoms with Crippen molar-refractivity contribution >= 4 is 29.1 Å². The van der Waals surface area contributed by atoms with Gasteiger partial charge in [-0.25, -0.2) is 0 Å². The van der Waals surface area contributed by atoms with Gasteiger partial charge in [0.05, 0.1) is 17.7 Å². The topological polar surface area (TPSA) is 82.6 Å². The zero-order valence-corrected chi connectivity index (χ0v) is 15.7. The number of hydrogen-bond donors (Lipinski definition) is 1. The first-order valence-corrected chi connectivity index (χ1v) is 10.2. The third kappa shape index (κ3) is 3.11. The van der Waals surface area contributed by atoms with E-state index in [0.717, 1.165) is 19.3 Å². The van der Waals surface area contributed by atoms with Gasteiger partial charge in [0.15, 0.2) is 0 Å². The summed E-state index contributed by atoms with van der Waals surface area (Å²) >= 11 is 1.37. The standard InChI is InChI=1S/C18H24N4O3S/c1-11(23)20-6-15-13-5-12(14-3-2-4-17(24)22(14)15)8-21(9-13)18(25)16-7-19-10-26-16/h7,10,12-15H,2-6,8-9H2,1H3,(H,20,23)/t12-,13+,14+,15+/m1/s1. The smallest absolute Gasteiger partial charge is 0.265 e. The number of carbonyl (C=O) groups excluding carboxylic acids is 3. The second kappa shape index (κ2) is 6.98. The Morgan fingerprint density at radius 3 is 2.88 bits per heavy atom. The van der Waals surface area contributed by atoms with Crippen LogP contribution < -0.4 is 5.32 Å². The number of rotatable bonds is 3. The van der Waals surface area contributed by atoms with Crippen LogP contribution in [0.4, 0.5) is 0 Å². The fraction of sp³-hybridized carbons (Fsp3) is 0.667. The summed E-state index contributed by atoms with van der Waals surface area (Å²) in [6.07, 6.45) is 5.14. The molecule has 140 valence electrons. The average Bonchev–Trinajstić information content (AvgIpc) is 3.16.